The van der Waals surface area contributed by atoms with E-state index in [0.29, 0.717) is 4.88 Å². The third-order valence-corrected chi connectivity index (χ3v) is 5.07. The van der Waals surface area contributed by atoms with Gasteiger partial charge in [-0.15, -0.1) is 11.3 Å². The molecule has 5 heteroatoms. The van der Waals surface area contributed by atoms with Gasteiger partial charge in [0.1, 0.15) is 10.5 Å². The normalized spacial score (nSPS) is 11.0. The molecule has 0 saturated heterocycles. The van der Waals surface area contributed by atoms with Crippen LogP contribution in [0, 0.1) is 6.92 Å². The first-order valence-electron chi connectivity index (χ1n) is 7.87. The number of ether oxygens (including phenoxy) is 1. The number of esters is 1. The van der Waals surface area contributed by atoms with Crippen molar-refractivity contribution in [1.29, 1.82) is 0 Å². The number of rotatable bonds is 3. The molecule has 4 nitrogen and oxygen atoms in total. The zero-order chi connectivity index (χ0) is 17.4. The third kappa shape index (κ3) is 2.72. The molecule has 0 spiro atoms. The van der Waals surface area contributed by atoms with Crippen LogP contribution in [-0.4, -0.2) is 22.5 Å². The standard InChI is InChI=1S/C20H16N2O2S/c1-13-6-8-22-17(12-21-18(22)10-13)15-5-3-4-14(11-15)16-7-9-25-19(16)20(23)24-2/h3-12H,1-2H3. The fourth-order valence-corrected chi connectivity index (χ4v) is 3.76. The Bertz CT molecular complexity index is 1080. The van der Waals surface area contributed by atoms with Gasteiger partial charge < -0.3 is 4.74 Å². The van der Waals surface area contributed by atoms with E-state index in [0.717, 1.165) is 28.0 Å². The van der Waals surface area contributed by atoms with Crippen molar-refractivity contribution in [3.63, 3.8) is 0 Å². The van der Waals surface area contributed by atoms with E-state index in [1.807, 2.05) is 36.0 Å². The maximum Gasteiger partial charge on any atom is 0.348 e. The average Bonchev–Trinajstić information content (AvgIpc) is 3.27. The number of imidazole rings is 1. The molecule has 25 heavy (non-hydrogen) atoms. The SMILES string of the molecule is COC(=O)c1sccc1-c1cccc(-c2cnc3cc(C)ccn23)c1. The van der Waals surface area contributed by atoms with Crippen LogP contribution in [0.4, 0.5) is 0 Å². The molecule has 1 aromatic carbocycles. The van der Waals surface area contributed by atoms with Crippen molar-refractivity contribution in [2.45, 2.75) is 6.92 Å². The molecule has 0 N–H and O–H groups in total. The molecule has 0 aliphatic rings. The molecule has 0 aliphatic carbocycles. The largest absolute Gasteiger partial charge is 0.465 e. The van der Waals surface area contributed by atoms with Crippen LogP contribution in [0.3, 0.4) is 0 Å². The van der Waals surface area contributed by atoms with Gasteiger partial charge in [0.15, 0.2) is 0 Å². The van der Waals surface area contributed by atoms with Crippen molar-refractivity contribution in [2.24, 2.45) is 0 Å². The van der Waals surface area contributed by atoms with Gasteiger partial charge in [0.05, 0.1) is 19.0 Å². The van der Waals surface area contributed by atoms with E-state index in [9.17, 15) is 4.79 Å². The number of hydrogen-bond acceptors (Lipinski definition) is 4. The number of carbonyl (C=O) groups is 1. The monoisotopic (exact) mass is 348 g/mol. The summed E-state index contributed by atoms with van der Waals surface area (Å²) < 4.78 is 6.96. The van der Waals surface area contributed by atoms with Gasteiger partial charge in [-0.3, -0.25) is 4.40 Å². The molecule has 0 aliphatic heterocycles. The lowest BCUT2D eigenvalue weighted by molar-refractivity contribution is 0.0607. The number of aromatic nitrogens is 2. The van der Waals surface area contributed by atoms with Gasteiger partial charge in [-0.25, -0.2) is 9.78 Å². The molecule has 4 aromatic rings. The Morgan fingerprint density at radius 1 is 1.16 bits per heavy atom. The van der Waals surface area contributed by atoms with Crippen LogP contribution < -0.4 is 0 Å². The molecular formula is C20H16N2O2S. The predicted molar refractivity (Wildman–Crippen MR) is 100 cm³/mol. The lowest BCUT2D eigenvalue weighted by Crippen LogP contribution is -1.99. The van der Waals surface area contributed by atoms with E-state index in [1.165, 1.54) is 24.0 Å². The van der Waals surface area contributed by atoms with Gasteiger partial charge in [0.2, 0.25) is 0 Å². The Labute approximate surface area is 149 Å². The number of benzene rings is 1. The number of methoxy groups -OCH3 is 1. The second kappa shape index (κ2) is 6.18. The lowest BCUT2D eigenvalue weighted by atomic mass is 10.0. The lowest BCUT2D eigenvalue weighted by Gasteiger charge is -2.07. The highest BCUT2D eigenvalue weighted by atomic mass is 32.1. The molecule has 0 amide bonds. The topological polar surface area (TPSA) is 43.6 Å². The summed E-state index contributed by atoms with van der Waals surface area (Å²) in [7, 11) is 1.41. The van der Waals surface area contributed by atoms with E-state index in [4.69, 9.17) is 4.74 Å². The fourth-order valence-electron chi connectivity index (χ4n) is 2.93. The number of fused-ring (bicyclic) bond motifs is 1. The van der Waals surface area contributed by atoms with Crippen molar-refractivity contribution < 1.29 is 9.53 Å². The summed E-state index contributed by atoms with van der Waals surface area (Å²) in [6.45, 7) is 2.06. The first-order valence-corrected chi connectivity index (χ1v) is 8.75. The number of nitrogens with zero attached hydrogens (tertiary/aromatic N) is 2. The van der Waals surface area contributed by atoms with Crippen LogP contribution >= 0.6 is 11.3 Å². The summed E-state index contributed by atoms with van der Waals surface area (Å²) in [6.07, 6.45) is 3.91. The van der Waals surface area contributed by atoms with Gasteiger partial charge in [-0.2, -0.15) is 0 Å². The average molecular weight is 348 g/mol. The predicted octanol–water partition coefficient (Wildman–Crippen LogP) is 4.82. The fraction of sp³-hybridized carbons (Fsp3) is 0.100. The molecule has 0 radical (unpaired) electrons. The first kappa shape index (κ1) is 15.6. The number of thiophene rings is 1. The summed E-state index contributed by atoms with van der Waals surface area (Å²) in [5, 5.41) is 1.91. The van der Waals surface area contributed by atoms with Gasteiger partial charge >= 0.3 is 5.97 Å². The van der Waals surface area contributed by atoms with E-state index >= 15 is 0 Å². The molecule has 0 bridgehead atoms. The highest BCUT2D eigenvalue weighted by molar-refractivity contribution is 7.12. The highest BCUT2D eigenvalue weighted by Crippen LogP contribution is 2.32. The summed E-state index contributed by atoms with van der Waals surface area (Å²) in [5.74, 6) is -0.305. The first-order chi connectivity index (χ1) is 12.2. The molecule has 3 heterocycles. The molecule has 124 valence electrons. The number of aryl methyl sites for hydroxylation is 1. The molecule has 4 rings (SSSR count). The Hall–Kier alpha value is -2.92. The van der Waals surface area contributed by atoms with Crippen molar-refractivity contribution in [3.8, 4) is 22.4 Å². The summed E-state index contributed by atoms with van der Waals surface area (Å²) in [5.41, 5.74) is 6.05. The van der Waals surface area contributed by atoms with Crippen LogP contribution in [0.25, 0.3) is 28.0 Å². The van der Waals surface area contributed by atoms with Gasteiger partial charge in [-0.1, -0.05) is 18.2 Å². The van der Waals surface area contributed by atoms with Gasteiger partial charge in [-0.05, 0) is 47.7 Å². The van der Waals surface area contributed by atoms with Gasteiger partial charge in [0, 0.05) is 17.3 Å². The smallest absolute Gasteiger partial charge is 0.348 e. The Morgan fingerprint density at radius 2 is 2.00 bits per heavy atom. The van der Waals surface area contributed by atoms with Crippen molar-refractivity contribution in [1.82, 2.24) is 9.38 Å². The van der Waals surface area contributed by atoms with Gasteiger partial charge in [0.25, 0.3) is 0 Å². The van der Waals surface area contributed by atoms with E-state index in [-0.39, 0.29) is 5.97 Å². The molecule has 0 unspecified atom stereocenters. The zero-order valence-electron chi connectivity index (χ0n) is 13.9. The minimum atomic E-state index is -0.305. The summed E-state index contributed by atoms with van der Waals surface area (Å²) in [4.78, 5) is 17.1. The third-order valence-electron chi connectivity index (χ3n) is 4.17. The minimum Gasteiger partial charge on any atom is -0.465 e. The van der Waals surface area contributed by atoms with Crippen LogP contribution in [-0.2, 0) is 4.74 Å². The van der Waals surface area contributed by atoms with Crippen molar-refractivity contribution in [3.05, 3.63) is 70.7 Å². The van der Waals surface area contributed by atoms with E-state index in [1.54, 1.807) is 0 Å². The quantitative estimate of drug-likeness (QED) is 0.498. The Morgan fingerprint density at radius 3 is 2.84 bits per heavy atom. The molecule has 0 atom stereocenters. The zero-order valence-corrected chi connectivity index (χ0v) is 14.7. The maximum absolute atomic E-state index is 12.0. The minimum absolute atomic E-state index is 0.305. The number of carbonyl (C=O) groups excluding carboxylic acids is 1. The van der Waals surface area contributed by atoms with Crippen LogP contribution in [0.1, 0.15) is 15.2 Å². The van der Waals surface area contributed by atoms with E-state index in [2.05, 4.69) is 40.6 Å². The number of pyridine rings is 1. The molecule has 0 saturated carbocycles. The van der Waals surface area contributed by atoms with E-state index < -0.39 is 0 Å². The van der Waals surface area contributed by atoms with Crippen molar-refractivity contribution in [2.75, 3.05) is 7.11 Å². The van der Waals surface area contributed by atoms with Crippen LogP contribution in [0.15, 0.2) is 60.2 Å². The van der Waals surface area contributed by atoms with Crippen LogP contribution in [0.2, 0.25) is 0 Å². The summed E-state index contributed by atoms with van der Waals surface area (Å²) >= 11 is 1.39. The molecular weight excluding hydrogens is 332 g/mol. The highest BCUT2D eigenvalue weighted by Gasteiger charge is 2.16. The molecule has 3 aromatic heterocycles. The summed E-state index contributed by atoms with van der Waals surface area (Å²) in [6, 6.07) is 14.2. The number of hydrogen-bond donors (Lipinski definition) is 0. The second-order valence-electron chi connectivity index (χ2n) is 5.81. The Balaban J connectivity index is 1.82. The Kier molecular flexibility index (Phi) is 3.86. The second-order valence-corrected chi connectivity index (χ2v) is 6.73. The maximum atomic E-state index is 12.0. The van der Waals surface area contributed by atoms with Crippen molar-refractivity contribution >= 4 is 23.0 Å². The molecule has 0 fully saturated rings. The van der Waals surface area contributed by atoms with Crippen LogP contribution in [0.5, 0.6) is 0 Å².